The number of anilines is 1. The summed E-state index contributed by atoms with van der Waals surface area (Å²) in [6, 6.07) is 16.8. The molecular weight excluding hydrogens is 1080 g/mol. The molecule has 2 amide bonds. The third-order valence-corrected chi connectivity index (χ3v) is 16.7. The van der Waals surface area contributed by atoms with E-state index >= 15 is 4.39 Å². The second-order valence-electron chi connectivity index (χ2n) is 20.7. The van der Waals surface area contributed by atoms with E-state index in [1.165, 1.54) is 23.7 Å². The topological polar surface area (TPSA) is 244 Å². The zero-order chi connectivity index (χ0) is 56.4. The lowest BCUT2D eigenvalue weighted by Crippen LogP contribution is -2.53. The average Bonchev–Trinajstić information content (AvgIpc) is 2.59. The molecule has 4 aromatic carbocycles. The number of methoxy groups -OCH3 is 1. The molecule has 7 aromatic rings. The number of aromatic amines is 1. The smallest absolute Gasteiger partial charge is 0.319 e. The van der Waals surface area contributed by atoms with Gasteiger partial charge in [-0.05, 0) is 67.0 Å². The normalized spacial score (nSPS) is 20.4. The molecule has 3 unspecified atom stereocenters. The molecule has 22 heteroatoms. The quantitative estimate of drug-likeness (QED) is 0.0416. The zero-order valence-electron chi connectivity index (χ0n) is 45.7. The van der Waals surface area contributed by atoms with Gasteiger partial charge in [0.05, 0.1) is 56.0 Å². The van der Waals surface area contributed by atoms with Crippen molar-refractivity contribution in [1.82, 2.24) is 45.7 Å². The number of aliphatic hydroxyl groups excluding tert-OH is 1. The van der Waals surface area contributed by atoms with E-state index in [0.717, 1.165) is 47.3 Å². The number of thiazole rings is 1. The first-order chi connectivity index (χ1) is 38.8. The summed E-state index contributed by atoms with van der Waals surface area (Å²) in [5.74, 6) is 6.77. The monoisotopic (exact) mass is 1150 g/mol. The summed E-state index contributed by atoms with van der Waals surface area (Å²) in [4.78, 5) is 46.6. The second-order valence-corrected chi connectivity index (χ2v) is 22.0. The maximum Gasteiger partial charge on any atom is 0.319 e. The molecule has 8 N–H and O–H groups in total. The molecule has 12 rings (SSSR count). The highest BCUT2D eigenvalue weighted by atomic mass is 35.5. The molecule has 7 heterocycles. The average molecular weight is 1150 g/mol. The number of hydrogen-bond donors (Lipinski definition) is 6. The predicted octanol–water partition coefficient (Wildman–Crippen LogP) is 8.55. The van der Waals surface area contributed by atoms with Crippen LogP contribution in [0.5, 0.6) is 17.5 Å². The maximum atomic E-state index is 16.0. The van der Waals surface area contributed by atoms with Gasteiger partial charge in [-0.25, -0.2) is 15.2 Å². The minimum absolute atomic E-state index is 0. The summed E-state index contributed by atoms with van der Waals surface area (Å²) in [7, 11) is 2.69. The van der Waals surface area contributed by atoms with Crippen molar-refractivity contribution in [2.75, 3.05) is 45.4 Å². The number of aliphatic hydroxyl groups is 1. The first-order valence-electron chi connectivity index (χ1n) is 27.1. The number of ether oxygens (including phenoxy) is 4. The SMILES string of the molecule is C.CCC.CO.COC1CC(Oc2nc3c4c(c(Cl)c(-c5c(C)c(F)cc6[nH]ncc56)c(OCc5ccc(/C(N)=C/N(N)CC(=O)N6CCCC6C(=O)NCc6ccc(-c7scnc7C)cc6)cc5)c4n2)OCC2C4C[C@@H](CN4)N32)C1. The summed E-state index contributed by atoms with van der Waals surface area (Å²) in [6.07, 6.45) is 7.92. The number of nitrogens with one attached hydrogen (secondary N) is 3. The Morgan fingerprint density at radius 3 is 2.51 bits per heavy atom. The van der Waals surface area contributed by atoms with E-state index in [1.54, 1.807) is 36.5 Å². The molecule has 1 aliphatic carbocycles. The number of aromatic nitrogens is 5. The van der Waals surface area contributed by atoms with Crippen molar-refractivity contribution in [2.24, 2.45) is 11.6 Å². The number of aryl methyl sites for hydroxylation is 1. The second kappa shape index (κ2) is 25.3. The van der Waals surface area contributed by atoms with Gasteiger partial charge in [0.1, 0.15) is 49.1 Å². The van der Waals surface area contributed by atoms with Crippen molar-refractivity contribution in [3.8, 4) is 39.1 Å². The number of carbonyl (C=O) groups excluding carboxylic acids is 2. The number of H-pyrrole nitrogens is 1. The van der Waals surface area contributed by atoms with E-state index in [-0.39, 0.29) is 73.8 Å². The summed E-state index contributed by atoms with van der Waals surface area (Å²) >= 11 is 9.18. The van der Waals surface area contributed by atoms with Crippen molar-refractivity contribution in [3.05, 3.63) is 111 Å². The van der Waals surface area contributed by atoms with Crippen LogP contribution in [0.2, 0.25) is 5.02 Å². The van der Waals surface area contributed by atoms with Crippen molar-refractivity contribution in [2.45, 2.75) is 123 Å². The van der Waals surface area contributed by atoms with Gasteiger partial charge < -0.3 is 55.2 Å². The lowest BCUT2D eigenvalue weighted by molar-refractivity contribution is -0.139. The molecule has 5 aliphatic rings. The van der Waals surface area contributed by atoms with Crippen LogP contribution in [0.3, 0.4) is 0 Å². The first kappa shape index (κ1) is 58.5. The highest BCUT2D eigenvalue weighted by Gasteiger charge is 2.50. The molecule has 0 spiro atoms. The highest BCUT2D eigenvalue weighted by Crippen LogP contribution is 2.55. The number of rotatable bonds is 15. The number of amides is 2. The molecular formula is C59H72ClFN12O7S. The maximum absolute atomic E-state index is 16.0. The van der Waals surface area contributed by atoms with Gasteiger partial charge in [-0.3, -0.25) is 14.7 Å². The van der Waals surface area contributed by atoms with Crippen LogP contribution in [-0.2, 0) is 27.5 Å². The third kappa shape index (κ3) is 11.7. The van der Waals surface area contributed by atoms with E-state index in [1.807, 2.05) is 61.0 Å². The largest absolute Gasteiger partial charge is 0.489 e. The van der Waals surface area contributed by atoms with Crippen LogP contribution in [0.15, 0.2) is 72.5 Å². The third-order valence-electron chi connectivity index (χ3n) is 15.4. The molecule has 0 radical (unpaired) electrons. The van der Waals surface area contributed by atoms with Crippen LogP contribution in [0.25, 0.3) is 49.1 Å². The fourth-order valence-corrected chi connectivity index (χ4v) is 12.5. The van der Waals surface area contributed by atoms with E-state index in [4.69, 9.17) is 57.2 Å². The van der Waals surface area contributed by atoms with E-state index in [9.17, 15) is 9.59 Å². The molecule has 4 atom stereocenters. The molecule has 430 valence electrons. The Morgan fingerprint density at radius 2 is 1.79 bits per heavy atom. The molecule has 2 bridgehead atoms. The van der Waals surface area contributed by atoms with Crippen LogP contribution in [0.4, 0.5) is 10.2 Å². The number of hydrogen-bond acceptors (Lipinski definition) is 17. The lowest BCUT2D eigenvalue weighted by Gasteiger charge is -2.36. The van der Waals surface area contributed by atoms with E-state index in [2.05, 4.69) is 44.6 Å². The molecule has 1 saturated carbocycles. The number of likely N-dealkylation sites (tertiary alicyclic amines) is 1. The predicted molar refractivity (Wildman–Crippen MR) is 314 cm³/mol. The number of halogens is 2. The van der Waals surface area contributed by atoms with Crippen LogP contribution >= 0.6 is 22.9 Å². The highest BCUT2D eigenvalue weighted by molar-refractivity contribution is 7.13. The van der Waals surface area contributed by atoms with Crippen LogP contribution in [0.1, 0.15) is 87.7 Å². The standard InChI is InChI=1S/C54H56ClFN12O6S.C3H8.CH4O.CH4/c1-27-37(56)18-39-36(21-62-65-39)44(27)45-47(55)49-46-48(63-54(74-35-16-34(17-35)71-3)64-52(46)68-33-15-40(59-20-33)42(68)25-73-49)50(45)72-24-30-8-10-31(11-9-30)38(57)22-66(58)23-43(69)67-14-4-5-41(67)53(70)60-19-29-6-12-32(13-7-29)51-28(2)61-26-75-51;1-3-2;1-2;/h6-13,18,21-22,26,33-35,40-42,59H,4-5,14-17,19-20,23-25,57-58H2,1-3H3,(H,60,70)(H,62,65);3H2,1-2H3;2H,1H3;1H4/b38-22-;;;/t33-,34?,35?,40?,41?,42?;;;/m0.../s1. The summed E-state index contributed by atoms with van der Waals surface area (Å²) in [6.45, 7) is 9.71. The Kier molecular flexibility index (Phi) is 18.3. The van der Waals surface area contributed by atoms with Crippen LogP contribution < -0.4 is 41.3 Å². The van der Waals surface area contributed by atoms with Crippen molar-refractivity contribution in [1.29, 1.82) is 0 Å². The van der Waals surface area contributed by atoms with Crippen molar-refractivity contribution in [3.63, 3.8) is 0 Å². The summed E-state index contributed by atoms with van der Waals surface area (Å²) in [5.41, 5.74) is 15.3. The molecule has 3 aromatic heterocycles. The number of benzene rings is 4. The first-order valence-corrected chi connectivity index (χ1v) is 28.3. The van der Waals surface area contributed by atoms with Gasteiger partial charge in [0.2, 0.25) is 11.8 Å². The van der Waals surface area contributed by atoms with Gasteiger partial charge in [0.15, 0.2) is 11.5 Å². The van der Waals surface area contributed by atoms with Gasteiger partial charge in [0.25, 0.3) is 0 Å². The van der Waals surface area contributed by atoms with Gasteiger partial charge in [-0.2, -0.15) is 15.1 Å². The Balaban J connectivity index is 0.00000128. The van der Waals surface area contributed by atoms with Crippen LogP contribution in [0, 0.1) is 19.7 Å². The van der Waals surface area contributed by atoms with Crippen molar-refractivity contribution >= 4 is 68.1 Å². The summed E-state index contributed by atoms with van der Waals surface area (Å²) in [5, 5.41) is 23.5. The number of nitrogens with zero attached hydrogens (tertiary/aromatic N) is 7. The lowest BCUT2D eigenvalue weighted by atomic mass is 9.92. The fourth-order valence-electron chi connectivity index (χ4n) is 11.3. The number of nitrogens with two attached hydrogens (primary N) is 2. The van der Waals surface area contributed by atoms with Gasteiger partial charge in [0, 0.05) is 81.5 Å². The zero-order valence-corrected chi connectivity index (χ0v) is 47.3. The van der Waals surface area contributed by atoms with Gasteiger partial charge in [-0.1, -0.05) is 87.8 Å². The minimum atomic E-state index is -0.602. The Hall–Kier alpha value is -7.14. The number of fused-ring (bicyclic) bond motifs is 7. The van der Waals surface area contributed by atoms with Crippen LogP contribution in [-0.4, -0.2) is 129 Å². The number of hydrazine groups is 1. The van der Waals surface area contributed by atoms with Gasteiger partial charge in [-0.15, -0.1) is 11.3 Å². The fraction of sp³-hybridized carbons (Fsp3) is 0.424. The molecule has 4 fully saturated rings. The van der Waals surface area contributed by atoms with E-state index < -0.39 is 11.9 Å². The van der Waals surface area contributed by atoms with Crippen molar-refractivity contribution < 1.29 is 38.0 Å². The molecule has 3 saturated heterocycles. The van der Waals surface area contributed by atoms with E-state index in [0.29, 0.717) is 112 Å². The Labute approximate surface area is 480 Å². The Bertz CT molecular complexity index is 3410. The van der Waals surface area contributed by atoms with Gasteiger partial charge >= 0.3 is 6.01 Å². The minimum Gasteiger partial charge on any atom is -0.489 e. The molecule has 19 nitrogen and oxygen atoms in total. The number of piperazine rings is 1. The molecule has 4 aliphatic heterocycles. The molecule has 81 heavy (non-hydrogen) atoms. The summed E-state index contributed by atoms with van der Waals surface area (Å²) < 4.78 is 41.7. The number of carbonyl (C=O) groups is 2. The Morgan fingerprint density at radius 1 is 1.05 bits per heavy atom.